The van der Waals surface area contributed by atoms with E-state index in [4.69, 9.17) is 9.47 Å². The Kier molecular flexibility index (Phi) is 7.49. The number of hydrogen-bond acceptors (Lipinski definition) is 8. The minimum atomic E-state index is -0.608. The molecule has 0 unspecified atom stereocenters. The van der Waals surface area contributed by atoms with E-state index < -0.39 is 15.8 Å². The zero-order valence-electron chi connectivity index (χ0n) is 18.3. The van der Waals surface area contributed by atoms with Gasteiger partial charge in [0.25, 0.3) is 11.6 Å². The zero-order valence-corrected chi connectivity index (χ0v) is 18.3. The highest BCUT2D eigenvalue weighted by molar-refractivity contribution is 5.95. The van der Waals surface area contributed by atoms with Crippen LogP contribution in [0.5, 0.6) is 11.5 Å². The zero-order chi connectivity index (χ0) is 24.7. The summed E-state index contributed by atoms with van der Waals surface area (Å²) in [5, 5.41) is 26.1. The Labute approximate surface area is 193 Å². The average molecular weight is 464 g/mol. The minimum absolute atomic E-state index is 0.00516. The van der Waals surface area contributed by atoms with Crippen molar-refractivity contribution in [2.24, 2.45) is 5.10 Å². The molecule has 3 aromatic carbocycles. The Bertz CT molecular complexity index is 1270. The molecule has 0 aromatic heterocycles. The van der Waals surface area contributed by atoms with Crippen molar-refractivity contribution >= 4 is 23.5 Å². The molecular weight excluding hydrogens is 444 g/mol. The lowest BCUT2D eigenvalue weighted by Gasteiger charge is -2.11. The molecule has 1 N–H and O–H groups in total. The predicted octanol–water partition coefficient (Wildman–Crippen LogP) is 4.16. The normalized spacial score (nSPS) is 10.6. The molecule has 0 aliphatic heterocycles. The van der Waals surface area contributed by atoms with Crippen LogP contribution in [0.1, 0.15) is 27.0 Å². The van der Waals surface area contributed by atoms with Gasteiger partial charge in [0, 0.05) is 29.3 Å². The van der Waals surface area contributed by atoms with Crippen molar-refractivity contribution in [3.8, 4) is 11.5 Å². The van der Waals surface area contributed by atoms with Gasteiger partial charge in [0.2, 0.25) is 0 Å². The number of nitrogens with zero attached hydrogens (tertiary/aromatic N) is 3. The largest absolute Gasteiger partial charge is 0.496 e. The van der Waals surface area contributed by atoms with E-state index in [-0.39, 0.29) is 29.3 Å². The fourth-order valence-electron chi connectivity index (χ4n) is 3.03. The van der Waals surface area contributed by atoms with Gasteiger partial charge in [0.1, 0.15) is 12.4 Å². The Morgan fingerprint density at radius 1 is 1.03 bits per heavy atom. The number of nitro benzene ring substituents is 2. The van der Waals surface area contributed by atoms with E-state index in [0.717, 1.165) is 11.6 Å². The summed E-state index contributed by atoms with van der Waals surface area (Å²) in [6, 6.07) is 15.0. The number of benzene rings is 3. The van der Waals surface area contributed by atoms with Gasteiger partial charge in [0.05, 0.1) is 23.2 Å². The third-order valence-electron chi connectivity index (χ3n) is 4.70. The van der Waals surface area contributed by atoms with Crippen LogP contribution >= 0.6 is 0 Å². The maximum absolute atomic E-state index is 12.2. The van der Waals surface area contributed by atoms with Gasteiger partial charge in [-0.3, -0.25) is 25.0 Å². The number of aryl methyl sites for hydroxylation is 1. The molecule has 3 rings (SSSR count). The lowest BCUT2D eigenvalue weighted by atomic mass is 10.1. The molecule has 0 fully saturated rings. The van der Waals surface area contributed by atoms with E-state index in [1.54, 1.807) is 31.2 Å². The van der Waals surface area contributed by atoms with E-state index in [2.05, 4.69) is 10.5 Å². The molecule has 0 aliphatic carbocycles. The topological polar surface area (TPSA) is 146 Å². The molecule has 0 saturated carbocycles. The fourth-order valence-corrected chi connectivity index (χ4v) is 3.03. The van der Waals surface area contributed by atoms with Gasteiger partial charge in [-0.15, -0.1) is 0 Å². The van der Waals surface area contributed by atoms with Crippen molar-refractivity contribution in [1.29, 1.82) is 0 Å². The molecule has 3 aromatic rings. The molecule has 174 valence electrons. The van der Waals surface area contributed by atoms with Gasteiger partial charge < -0.3 is 9.47 Å². The van der Waals surface area contributed by atoms with Crippen molar-refractivity contribution in [1.82, 2.24) is 5.43 Å². The quantitative estimate of drug-likeness (QED) is 0.284. The number of hydrogen-bond donors (Lipinski definition) is 1. The number of carbonyl (C=O) groups is 1. The standard InChI is InChI=1S/C23H20N4O7/c1-15-6-8-22(20(10-15)27(31)32)34-14-18-11-16(7-9-21(18)33-2)13-24-25-23(28)17-4-3-5-19(12-17)26(29)30/h3-13H,14H2,1-2H3,(H,25,28)/b24-13+. The second kappa shape index (κ2) is 10.7. The average Bonchev–Trinajstić information content (AvgIpc) is 2.83. The number of non-ortho nitro benzene ring substituents is 1. The van der Waals surface area contributed by atoms with Crippen molar-refractivity contribution in [3.05, 3.63) is 103 Å². The number of rotatable bonds is 9. The number of nitro groups is 2. The first kappa shape index (κ1) is 23.9. The summed E-state index contributed by atoms with van der Waals surface area (Å²) in [5.74, 6) is 0.0252. The van der Waals surface area contributed by atoms with E-state index in [1.807, 2.05) is 0 Å². The summed E-state index contributed by atoms with van der Waals surface area (Å²) < 4.78 is 11.0. The highest BCUT2D eigenvalue weighted by Gasteiger charge is 2.16. The van der Waals surface area contributed by atoms with E-state index >= 15 is 0 Å². The van der Waals surface area contributed by atoms with Crippen molar-refractivity contribution in [2.75, 3.05) is 7.11 Å². The van der Waals surface area contributed by atoms with E-state index in [0.29, 0.717) is 16.9 Å². The lowest BCUT2D eigenvalue weighted by Crippen LogP contribution is -2.17. The van der Waals surface area contributed by atoms with Gasteiger partial charge >= 0.3 is 5.69 Å². The fraction of sp³-hybridized carbons (Fsp3) is 0.130. The molecular formula is C23H20N4O7. The molecule has 1 amide bonds. The van der Waals surface area contributed by atoms with E-state index in [1.165, 1.54) is 43.7 Å². The molecule has 0 aliphatic rings. The summed E-state index contributed by atoms with van der Waals surface area (Å²) in [4.78, 5) is 33.3. The second-order valence-corrected chi connectivity index (χ2v) is 7.09. The molecule has 11 heteroatoms. The number of nitrogens with one attached hydrogen (secondary N) is 1. The van der Waals surface area contributed by atoms with Gasteiger partial charge in [-0.1, -0.05) is 12.1 Å². The van der Waals surface area contributed by atoms with Gasteiger partial charge in [-0.25, -0.2) is 5.43 Å². The molecule has 11 nitrogen and oxygen atoms in total. The molecule has 0 atom stereocenters. The number of amides is 1. The molecule has 0 bridgehead atoms. The highest BCUT2D eigenvalue weighted by Crippen LogP contribution is 2.30. The lowest BCUT2D eigenvalue weighted by molar-refractivity contribution is -0.386. The van der Waals surface area contributed by atoms with Gasteiger partial charge in [-0.05, 0) is 48.4 Å². The first-order valence-corrected chi connectivity index (χ1v) is 9.91. The number of carbonyl (C=O) groups excluding carboxylic acids is 1. The maximum atomic E-state index is 12.2. The van der Waals surface area contributed by atoms with Crippen molar-refractivity contribution < 1.29 is 24.1 Å². The molecule has 0 spiro atoms. The molecule has 34 heavy (non-hydrogen) atoms. The van der Waals surface area contributed by atoms with Crippen LogP contribution in [-0.4, -0.2) is 29.1 Å². The van der Waals surface area contributed by atoms with Crippen molar-refractivity contribution in [3.63, 3.8) is 0 Å². The molecule has 0 heterocycles. The van der Waals surface area contributed by atoms with E-state index in [9.17, 15) is 25.0 Å². The summed E-state index contributed by atoms with van der Waals surface area (Å²) in [7, 11) is 1.49. The second-order valence-electron chi connectivity index (χ2n) is 7.09. The van der Waals surface area contributed by atoms with Crippen LogP contribution in [0.25, 0.3) is 0 Å². The highest BCUT2D eigenvalue weighted by atomic mass is 16.6. The summed E-state index contributed by atoms with van der Waals surface area (Å²) in [6.07, 6.45) is 1.38. The van der Waals surface area contributed by atoms with Crippen molar-refractivity contribution in [2.45, 2.75) is 13.5 Å². The third-order valence-corrected chi connectivity index (χ3v) is 4.70. The molecule has 0 saturated heterocycles. The Morgan fingerprint density at radius 2 is 1.79 bits per heavy atom. The Balaban J connectivity index is 1.72. The predicted molar refractivity (Wildman–Crippen MR) is 123 cm³/mol. The Morgan fingerprint density at radius 3 is 2.50 bits per heavy atom. The van der Waals surface area contributed by atoms with Crippen LogP contribution < -0.4 is 14.9 Å². The maximum Gasteiger partial charge on any atom is 0.311 e. The first-order valence-electron chi connectivity index (χ1n) is 9.91. The summed E-state index contributed by atoms with van der Waals surface area (Å²) >= 11 is 0. The summed E-state index contributed by atoms with van der Waals surface area (Å²) in [6.45, 7) is 1.75. The Hall–Kier alpha value is -4.80. The smallest absolute Gasteiger partial charge is 0.311 e. The minimum Gasteiger partial charge on any atom is -0.496 e. The number of methoxy groups -OCH3 is 1. The first-order chi connectivity index (χ1) is 16.3. The van der Waals surface area contributed by atoms with Crippen LogP contribution in [0.2, 0.25) is 0 Å². The third kappa shape index (κ3) is 5.91. The van der Waals surface area contributed by atoms with Crippen LogP contribution in [0, 0.1) is 27.2 Å². The van der Waals surface area contributed by atoms with Crippen LogP contribution in [0.3, 0.4) is 0 Å². The SMILES string of the molecule is COc1ccc(/C=N/NC(=O)c2cccc([N+](=O)[O-])c2)cc1COc1ccc(C)cc1[N+](=O)[O-]. The number of hydrazone groups is 1. The monoisotopic (exact) mass is 464 g/mol. The molecule has 0 radical (unpaired) electrons. The van der Waals surface area contributed by atoms with Crippen LogP contribution in [0.15, 0.2) is 65.8 Å². The van der Waals surface area contributed by atoms with Crippen LogP contribution in [0.4, 0.5) is 11.4 Å². The van der Waals surface area contributed by atoms with Gasteiger partial charge in [-0.2, -0.15) is 5.10 Å². The van der Waals surface area contributed by atoms with Gasteiger partial charge in [0.15, 0.2) is 5.75 Å². The van der Waals surface area contributed by atoms with Crippen LogP contribution in [-0.2, 0) is 6.61 Å². The summed E-state index contributed by atoms with van der Waals surface area (Å²) in [5.41, 5.74) is 4.00. The number of ether oxygens (including phenoxy) is 2.